The SMILES string of the molecule is Cc1cc2c(cc1Cl)sc1cc(Br)ccc12. The number of aryl methyl sites for hydroxylation is 1. The summed E-state index contributed by atoms with van der Waals surface area (Å²) >= 11 is 11.4. The molecule has 80 valence electrons. The highest BCUT2D eigenvalue weighted by atomic mass is 79.9. The first-order valence-corrected chi connectivity index (χ1v) is 6.92. The Morgan fingerprint density at radius 3 is 2.62 bits per heavy atom. The Balaban J connectivity index is 2.51. The molecule has 0 saturated carbocycles. The molecule has 0 radical (unpaired) electrons. The summed E-state index contributed by atoms with van der Waals surface area (Å²) in [5.74, 6) is 0. The van der Waals surface area contributed by atoms with Crippen molar-refractivity contribution in [2.24, 2.45) is 0 Å². The van der Waals surface area contributed by atoms with Gasteiger partial charge < -0.3 is 0 Å². The smallest absolute Gasteiger partial charge is 0.0449 e. The zero-order valence-electron chi connectivity index (χ0n) is 8.55. The van der Waals surface area contributed by atoms with Crippen molar-refractivity contribution in [1.82, 2.24) is 0 Å². The summed E-state index contributed by atoms with van der Waals surface area (Å²) in [6.07, 6.45) is 0. The molecule has 1 heterocycles. The molecule has 0 N–H and O–H groups in total. The monoisotopic (exact) mass is 310 g/mol. The van der Waals surface area contributed by atoms with Gasteiger partial charge in [0.05, 0.1) is 0 Å². The number of hydrogen-bond acceptors (Lipinski definition) is 1. The first kappa shape index (κ1) is 10.6. The van der Waals surface area contributed by atoms with Gasteiger partial charge in [-0.3, -0.25) is 0 Å². The van der Waals surface area contributed by atoms with Crippen LogP contribution in [-0.2, 0) is 0 Å². The molecule has 0 nitrogen and oxygen atoms in total. The van der Waals surface area contributed by atoms with E-state index in [2.05, 4.69) is 46.3 Å². The Kier molecular flexibility index (Phi) is 2.46. The second-order valence-electron chi connectivity index (χ2n) is 3.84. The molecule has 1 aromatic heterocycles. The maximum absolute atomic E-state index is 6.14. The summed E-state index contributed by atoms with van der Waals surface area (Å²) < 4.78 is 3.67. The largest absolute Gasteiger partial charge is 0.135 e. The number of halogens is 2. The minimum Gasteiger partial charge on any atom is -0.135 e. The van der Waals surface area contributed by atoms with Crippen molar-refractivity contribution in [2.45, 2.75) is 6.92 Å². The second-order valence-corrected chi connectivity index (χ2v) is 6.25. The molecule has 3 rings (SSSR count). The fraction of sp³-hybridized carbons (Fsp3) is 0.0769. The van der Waals surface area contributed by atoms with E-state index in [-0.39, 0.29) is 0 Å². The van der Waals surface area contributed by atoms with Crippen molar-refractivity contribution in [1.29, 1.82) is 0 Å². The van der Waals surface area contributed by atoms with E-state index in [0.717, 1.165) is 15.1 Å². The number of thiophene rings is 1. The van der Waals surface area contributed by atoms with Crippen molar-refractivity contribution in [2.75, 3.05) is 0 Å². The van der Waals surface area contributed by atoms with Crippen LogP contribution in [0, 0.1) is 6.92 Å². The van der Waals surface area contributed by atoms with Crippen molar-refractivity contribution >= 4 is 59.0 Å². The molecule has 0 spiro atoms. The lowest BCUT2D eigenvalue weighted by Gasteiger charge is -1.97. The fourth-order valence-corrected chi connectivity index (χ4v) is 3.79. The van der Waals surface area contributed by atoms with Gasteiger partial charge in [-0.2, -0.15) is 0 Å². The molecule has 0 amide bonds. The van der Waals surface area contributed by atoms with Gasteiger partial charge in [0.2, 0.25) is 0 Å². The molecule has 0 fully saturated rings. The molecule has 3 heteroatoms. The van der Waals surface area contributed by atoms with E-state index < -0.39 is 0 Å². The standard InChI is InChI=1S/C13H8BrClS/c1-7-4-10-9-3-2-8(14)5-12(9)16-13(10)6-11(7)15/h2-6H,1H3. The van der Waals surface area contributed by atoms with Crippen LogP contribution in [0.4, 0.5) is 0 Å². The highest BCUT2D eigenvalue weighted by Crippen LogP contribution is 2.37. The van der Waals surface area contributed by atoms with E-state index in [1.165, 1.54) is 20.2 Å². The maximum Gasteiger partial charge on any atom is 0.0449 e. The Morgan fingerprint density at radius 1 is 1.06 bits per heavy atom. The van der Waals surface area contributed by atoms with E-state index in [1.807, 2.05) is 6.92 Å². The third kappa shape index (κ3) is 1.56. The van der Waals surface area contributed by atoms with Gasteiger partial charge in [-0.25, -0.2) is 0 Å². The van der Waals surface area contributed by atoms with Crippen LogP contribution in [0.5, 0.6) is 0 Å². The van der Waals surface area contributed by atoms with Crippen molar-refractivity contribution in [3.05, 3.63) is 45.4 Å². The van der Waals surface area contributed by atoms with Crippen LogP contribution in [0.1, 0.15) is 5.56 Å². The number of fused-ring (bicyclic) bond motifs is 3. The minimum atomic E-state index is 0.845. The Hall–Kier alpha value is -0.570. The number of benzene rings is 2. The van der Waals surface area contributed by atoms with Gasteiger partial charge >= 0.3 is 0 Å². The molecule has 0 aliphatic carbocycles. The highest BCUT2D eigenvalue weighted by Gasteiger charge is 2.07. The lowest BCUT2D eigenvalue weighted by Crippen LogP contribution is -1.74. The first-order chi connectivity index (χ1) is 7.65. The van der Waals surface area contributed by atoms with Gasteiger partial charge in [0, 0.05) is 29.7 Å². The third-order valence-electron chi connectivity index (χ3n) is 2.71. The summed E-state index contributed by atoms with van der Waals surface area (Å²) in [4.78, 5) is 0. The predicted molar refractivity (Wildman–Crippen MR) is 76.8 cm³/mol. The molecule has 2 aromatic carbocycles. The average molecular weight is 312 g/mol. The normalized spacial score (nSPS) is 11.4. The van der Waals surface area contributed by atoms with E-state index in [1.54, 1.807) is 11.3 Å². The van der Waals surface area contributed by atoms with Crippen molar-refractivity contribution < 1.29 is 0 Å². The predicted octanol–water partition coefficient (Wildman–Crippen LogP) is 5.78. The van der Waals surface area contributed by atoms with Crippen LogP contribution in [0.15, 0.2) is 34.8 Å². The summed E-state index contributed by atoms with van der Waals surface area (Å²) in [7, 11) is 0. The zero-order chi connectivity index (χ0) is 11.3. The molecule has 3 aromatic rings. The lowest BCUT2D eigenvalue weighted by molar-refractivity contribution is 1.52. The number of hydrogen-bond donors (Lipinski definition) is 0. The Labute approximate surface area is 111 Å². The second kappa shape index (κ2) is 3.73. The first-order valence-electron chi connectivity index (χ1n) is 4.93. The molecular formula is C13H8BrClS. The zero-order valence-corrected chi connectivity index (χ0v) is 11.7. The molecule has 0 saturated heterocycles. The summed E-state index contributed by atoms with van der Waals surface area (Å²) in [5.41, 5.74) is 1.14. The van der Waals surface area contributed by atoms with Gasteiger partial charge in [0.25, 0.3) is 0 Å². The molecule has 0 aliphatic heterocycles. The third-order valence-corrected chi connectivity index (χ3v) is 4.73. The van der Waals surface area contributed by atoms with Crippen molar-refractivity contribution in [3.8, 4) is 0 Å². The molecular weight excluding hydrogens is 304 g/mol. The molecule has 16 heavy (non-hydrogen) atoms. The average Bonchev–Trinajstić information content (AvgIpc) is 2.55. The van der Waals surface area contributed by atoms with E-state index in [4.69, 9.17) is 11.6 Å². The van der Waals surface area contributed by atoms with Crippen LogP contribution in [-0.4, -0.2) is 0 Å². The van der Waals surface area contributed by atoms with Crippen molar-refractivity contribution in [3.63, 3.8) is 0 Å². The van der Waals surface area contributed by atoms with Gasteiger partial charge in [-0.15, -0.1) is 11.3 Å². The van der Waals surface area contributed by atoms with E-state index in [0.29, 0.717) is 0 Å². The van der Waals surface area contributed by atoms with Gasteiger partial charge in [0.15, 0.2) is 0 Å². The van der Waals surface area contributed by atoms with Gasteiger partial charge in [0.1, 0.15) is 0 Å². The van der Waals surface area contributed by atoms with Crippen LogP contribution in [0.3, 0.4) is 0 Å². The summed E-state index contributed by atoms with van der Waals surface area (Å²) in [6.45, 7) is 2.05. The van der Waals surface area contributed by atoms with Crippen LogP contribution in [0.25, 0.3) is 20.2 Å². The van der Waals surface area contributed by atoms with Gasteiger partial charge in [-0.05, 0) is 36.8 Å². The summed E-state index contributed by atoms with van der Waals surface area (Å²) in [5, 5.41) is 3.45. The lowest BCUT2D eigenvalue weighted by atomic mass is 10.1. The minimum absolute atomic E-state index is 0.845. The molecule has 0 aliphatic rings. The van der Waals surface area contributed by atoms with Crippen LogP contribution >= 0.6 is 38.9 Å². The number of rotatable bonds is 0. The quantitative estimate of drug-likeness (QED) is 0.494. The molecule has 0 atom stereocenters. The van der Waals surface area contributed by atoms with E-state index in [9.17, 15) is 0 Å². The summed E-state index contributed by atoms with van der Waals surface area (Å²) in [6, 6.07) is 10.6. The molecule has 0 bridgehead atoms. The van der Waals surface area contributed by atoms with Crippen LogP contribution in [0.2, 0.25) is 5.02 Å². The highest BCUT2D eigenvalue weighted by molar-refractivity contribution is 9.10. The Morgan fingerprint density at radius 2 is 1.81 bits per heavy atom. The van der Waals surface area contributed by atoms with E-state index >= 15 is 0 Å². The topological polar surface area (TPSA) is 0 Å². The van der Waals surface area contributed by atoms with Gasteiger partial charge in [-0.1, -0.05) is 33.6 Å². The maximum atomic E-state index is 6.14. The fourth-order valence-electron chi connectivity index (χ4n) is 1.88. The Bertz CT molecular complexity index is 700. The molecule has 0 unspecified atom stereocenters. The van der Waals surface area contributed by atoms with Crippen LogP contribution < -0.4 is 0 Å².